The molecule has 3 rings (SSSR count). The van der Waals surface area contributed by atoms with Crippen LogP contribution in [0.5, 0.6) is 0 Å². The number of furan rings is 1. The maximum absolute atomic E-state index is 5.91. The summed E-state index contributed by atoms with van der Waals surface area (Å²) in [6.07, 6.45) is 2.83. The Bertz CT molecular complexity index is 573. The van der Waals surface area contributed by atoms with Gasteiger partial charge in [-0.1, -0.05) is 22.9 Å². The quantitative estimate of drug-likeness (QED) is 0.848. The Balaban J connectivity index is 1.68. The van der Waals surface area contributed by atoms with Gasteiger partial charge < -0.3 is 9.73 Å². The highest BCUT2D eigenvalue weighted by atomic mass is 79.9. The standard InChI is InChI=1S/C16H20BrNO/c1-10(12-3-4-12)9-18-11(2)16-8-13-7-14(17)5-6-15(13)19-16/h5-8,10-12,18H,3-4,9H2,1-2H3. The van der Waals surface area contributed by atoms with Crippen LogP contribution in [0.3, 0.4) is 0 Å². The van der Waals surface area contributed by atoms with Crippen molar-refractivity contribution in [2.75, 3.05) is 6.54 Å². The van der Waals surface area contributed by atoms with Crippen LogP contribution in [0.25, 0.3) is 11.0 Å². The highest BCUT2D eigenvalue weighted by Crippen LogP contribution is 2.36. The summed E-state index contributed by atoms with van der Waals surface area (Å²) < 4.78 is 7.00. The lowest BCUT2D eigenvalue weighted by Crippen LogP contribution is -2.25. The second-order valence-corrected chi connectivity index (χ2v) is 6.69. The van der Waals surface area contributed by atoms with Crippen LogP contribution in [-0.4, -0.2) is 6.54 Å². The summed E-state index contributed by atoms with van der Waals surface area (Å²) in [4.78, 5) is 0. The van der Waals surface area contributed by atoms with E-state index in [2.05, 4.69) is 47.2 Å². The molecule has 2 aromatic rings. The van der Waals surface area contributed by atoms with Crippen LogP contribution in [0.4, 0.5) is 0 Å². The lowest BCUT2D eigenvalue weighted by atomic mass is 10.1. The first-order valence-electron chi connectivity index (χ1n) is 7.06. The largest absolute Gasteiger partial charge is 0.459 e. The van der Waals surface area contributed by atoms with Crippen molar-refractivity contribution >= 4 is 26.9 Å². The van der Waals surface area contributed by atoms with E-state index >= 15 is 0 Å². The predicted molar refractivity (Wildman–Crippen MR) is 82.2 cm³/mol. The first-order chi connectivity index (χ1) is 9.13. The third kappa shape index (κ3) is 3.03. The SMILES string of the molecule is CC(NCC(C)C1CC1)c1cc2cc(Br)ccc2o1. The molecule has 19 heavy (non-hydrogen) atoms. The maximum Gasteiger partial charge on any atom is 0.134 e. The monoisotopic (exact) mass is 321 g/mol. The average molecular weight is 322 g/mol. The summed E-state index contributed by atoms with van der Waals surface area (Å²) in [6, 6.07) is 8.54. The predicted octanol–water partition coefficient (Wildman–Crippen LogP) is 4.89. The second kappa shape index (κ2) is 5.29. The van der Waals surface area contributed by atoms with Gasteiger partial charge in [-0.25, -0.2) is 0 Å². The lowest BCUT2D eigenvalue weighted by Gasteiger charge is -2.15. The fraction of sp³-hybridized carbons (Fsp3) is 0.500. The zero-order chi connectivity index (χ0) is 13.4. The first-order valence-corrected chi connectivity index (χ1v) is 7.85. The molecule has 1 heterocycles. The van der Waals surface area contributed by atoms with Crippen molar-refractivity contribution in [3.05, 3.63) is 34.5 Å². The molecule has 102 valence electrons. The maximum atomic E-state index is 5.91. The smallest absolute Gasteiger partial charge is 0.134 e. The van der Waals surface area contributed by atoms with Crippen LogP contribution in [0.15, 0.2) is 33.2 Å². The summed E-state index contributed by atoms with van der Waals surface area (Å²) in [7, 11) is 0. The van der Waals surface area contributed by atoms with Crippen molar-refractivity contribution in [3.63, 3.8) is 0 Å². The minimum Gasteiger partial charge on any atom is -0.459 e. The minimum atomic E-state index is 0.271. The number of fused-ring (bicyclic) bond motifs is 1. The molecule has 2 nitrogen and oxygen atoms in total. The number of rotatable bonds is 5. The van der Waals surface area contributed by atoms with Crippen molar-refractivity contribution in [3.8, 4) is 0 Å². The fourth-order valence-corrected chi connectivity index (χ4v) is 2.92. The van der Waals surface area contributed by atoms with Gasteiger partial charge in [-0.15, -0.1) is 0 Å². The van der Waals surface area contributed by atoms with Crippen LogP contribution in [0, 0.1) is 11.8 Å². The highest BCUT2D eigenvalue weighted by molar-refractivity contribution is 9.10. The zero-order valence-electron chi connectivity index (χ0n) is 11.4. The fourth-order valence-electron chi connectivity index (χ4n) is 2.54. The van der Waals surface area contributed by atoms with Gasteiger partial charge in [0.25, 0.3) is 0 Å². The van der Waals surface area contributed by atoms with Gasteiger partial charge in [0.15, 0.2) is 0 Å². The molecule has 1 saturated carbocycles. The molecule has 1 fully saturated rings. The summed E-state index contributed by atoms with van der Waals surface area (Å²) >= 11 is 3.49. The topological polar surface area (TPSA) is 25.2 Å². The lowest BCUT2D eigenvalue weighted by molar-refractivity contribution is 0.396. The molecule has 1 aliphatic rings. The molecule has 1 aliphatic carbocycles. The zero-order valence-corrected chi connectivity index (χ0v) is 13.0. The molecule has 1 N–H and O–H groups in total. The molecule has 0 aliphatic heterocycles. The summed E-state index contributed by atoms with van der Waals surface area (Å²) in [5, 5.41) is 4.75. The van der Waals surface area contributed by atoms with E-state index in [9.17, 15) is 0 Å². The van der Waals surface area contributed by atoms with Gasteiger partial charge in [0.05, 0.1) is 6.04 Å². The van der Waals surface area contributed by atoms with E-state index in [1.807, 2.05) is 12.1 Å². The van der Waals surface area contributed by atoms with Crippen molar-refractivity contribution in [1.29, 1.82) is 0 Å². The molecule has 0 bridgehead atoms. The second-order valence-electron chi connectivity index (χ2n) is 5.78. The van der Waals surface area contributed by atoms with E-state index in [1.165, 1.54) is 12.8 Å². The van der Waals surface area contributed by atoms with Crippen LogP contribution >= 0.6 is 15.9 Å². The number of halogens is 1. The molecule has 1 aromatic heterocycles. The van der Waals surface area contributed by atoms with Gasteiger partial charge >= 0.3 is 0 Å². The highest BCUT2D eigenvalue weighted by Gasteiger charge is 2.27. The third-order valence-corrected chi connectivity index (χ3v) is 4.59. The van der Waals surface area contributed by atoms with Crippen LogP contribution in [0.1, 0.15) is 38.5 Å². The van der Waals surface area contributed by atoms with Gasteiger partial charge in [-0.3, -0.25) is 0 Å². The number of hydrogen-bond donors (Lipinski definition) is 1. The molecule has 0 amide bonds. The summed E-state index contributed by atoms with van der Waals surface area (Å²) in [6.45, 7) is 5.59. The minimum absolute atomic E-state index is 0.271. The Morgan fingerprint density at radius 2 is 2.11 bits per heavy atom. The Labute approximate surface area is 122 Å². The van der Waals surface area contributed by atoms with Crippen LogP contribution in [0.2, 0.25) is 0 Å². The van der Waals surface area contributed by atoms with E-state index in [1.54, 1.807) is 0 Å². The third-order valence-electron chi connectivity index (χ3n) is 4.10. The van der Waals surface area contributed by atoms with Gasteiger partial charge in [-0.2, -0.15) is 0 Å². The van der Waals surface area contributed by atoms with E-state index in [-0.39, 0.29) is 6.04 Å². The summed E-state index contributed by atoms with van der Waals surface area (Å²) in [5.41, 5.74) is 0.960. The molecule has 1 aromatic carbocycles. The average Bonchev–Trinajstić information content (AvgIpc) is 3.15. The molecule has 3 heteroatoms. The Morgan fingerprint density at radius 3 is 2.84 bits per heavy atom. The summed E-state index contributed by atoms with van der Waals surface area (Å²) in [5.74, 6) is 2.75. The molecule has 2 atom stereocenters. The molecule has 0 spiro atoms. The van der Waals surface area contributed by atoms with Crippen LogP contribution < -0.4 is 5.32 Å². The van der Waals surface area contributed by atoms with Crippen molar-refractivity contribution in [2.24, 2.45) is 11.8 Å². The Hall–Kier alpha value is -0.800. The number of hydrogen-bond acceptors (Lipinski definition) is 2. The number of nitrogens with one attached hydrogen (secondary N) is 1. The van der Waals surface area contributed by atoms with Crippen molar-refractivity contribution in [2.45, 2.75) is 32.7 Å². The van der Waals surface area contributed by atoms with E-state index in [0.29, 0.717) is 0 Å². The molecule has 0 radical (unpaired) electrons. The van der Waals surface area contributed by atoms with Crippen LogP contribution in [-0.2, 0) is 0 Å². The normalized spacial score (nSPS) is 18.7. The van der Waals surface area contributed by atoms with Crippen molar-refractivity contribution in [1.82, 2.24) is 5.32 Å². The van der Waals surface area contributed by atoms with Crippen molar-refractivity contribution < 1.29 is 4.42 Å². The van der Waals surface area contributed by atoms with Gasteiger partial charge in [-0.05, 0) is 62.4 Å². The Morgan fingerprint density at radius 1 is 1.32 bits per heavy atom. The molecule has 2 unspecified atom stereocenters. The molecular weight excluding hydrogens is 302 g/mol. The van der Waals surface area contributed by atoms with Gasteiger partial charge in [0, 0.05) is 9.86 Å². The van der Waals surface area contributed by atoms with E-state index in [4.69, 9.17) is 4.42 Å². The molecule has 0 saturated heterocycles. The van der Waals surface area contributed by atoms with E-state index < -0.39 is 0 Å². The molecular formula is C16H20BrNO. The Kier molecular flexibility index (Phi) is 3.68. The first kappa shape index (κ1) is 13.2. The van der Waals surface area contributed by atoms with Gasteiger partial charge in [0.2, 0.25) is 0 Å². The van der Waals surface area contributed by atoms with Gasteiger partial charge in [0.1, 0.15) is 11.3 Å². The van der Waals surface area contributed by atoms with E-state index in [0.717, 1.165) is 39.6 Å². The number of benzene rings is 1.